The number of nitrogens with one attached hydrogen (secondary N) is 2. The molecule has 0 radical (unpaired) electrons. The summed E-state index contributed by atoms with van der Waals surface area (Å²) in [7, 11) is 1.74. The average Bonchev–Trinajstić information content (AvgIpc) is 3.39. The Morgan fingerprint density at radius 1 is 1.35 bits per heavy atom. The van der Waals surface area contributed by atoms with Crippen LogP contribution in [-0.2, 0) is 11.3 Å². The van der Waals surface area contributed by atoms with Crippen molar-refractivity contribution < 1.29 is 13.5 Å². The van der Waals surface area contributed by atoms with E-state index in [0.29, 0.717) is 18.1 Å². The first kappa shape index (κ1) is 21.0. The molecule has 0 amide bonds. The molecule has 0 bridgehead atoms. The van der Waals surface area contributed by atoms with E-state index < -0.39 is 0 Å². The van der Waals surface area contributed by atoms with Gasteiger partial charge in [0.2, 0.25) is 0 Å². The van der Waals surface area contributed by atoms with Gasteiger partial charge in [-0.1, -0.05) is 0 Å². The minimum absolute atomic E-state index is 0. The lowest BCUT2D eigenvalue weighted by atomic mass is 10.1. The first-order valence-corrected chi connectivity index (χ1v) is 8.87. The molecule has 0 aliphatic heterocycles. The van der Waals surface area contributed by atoms with Crippen molar-refractivity contribution in [1.29, 1.82) is 0 Å². The fourth-order valence-corrected chi connectivity index (χ4v) is 2.71. The summed E-state index contributed by atoms with van der Waals surface area (Å²) in [5.74, 6) is 2.06. The van der Waals surface area contributed by atoms with Gasteiger partial charge in [-0.05, 0) is 50.3 Å². The second-order valence-corrected chi connectivity index (χ2v) is 6.52. The van der Waals surface area contributed by atoms with Gasteiger partial charge in [-0.15, -0.1) is 24.0 Å². The number of nitrogens with zero attached hydrogens (tertiary/aromatic N) is 1. The van der Waals surface area contributed by atoms with Gasteiger partial charge in [0.1, 0.15) is 17.2 Å². The van der Waals surface area contributed by atoms with Crippen molar-refractivity contribution in [2.75, 3.05) is 26.8 Å². The van der Waals surface area contributed by atoms with E-state index in [-0.39, 0.29) is 29.8 Å². The SMILES string of the molecule is CN=C(NCCCOCC1CC1)NCc1oc2ccc(F)cc2c1C.I. The molecule has 0 saturated heterocycles. The maximum absolute atomic E-state index is 13.4. The second kappa shape index (κ2) is 10.1. The van der Waals surface area contributed by atoms with Crippen LogP contribution >= 0.6 is 24.0 Å². The van der Waals surface area contributed by atoms with Crippen molar-refractivity contribution in [2.45, 2.75) is 32.7 Å². The molecule has 144 valence electrons. The third-order valence-corrected chi connectivity index (χ3v) is 4.45. The van der Waals surface area contributed by atoms with Crippen LogP contribution in [-0.4, -0.2) is 32.8 Å². The highest BCUT2D eigenvalue weighted by atomic mass is 127. The summed E-state index contributed by atoms with van der Waals surface area (Å²) in [6, 6.07) is 4.58. The molecule has 2 N–H and O–H groups in total. The number of fused-ring (bicyclic) bond motifs is 1. The van der Waals surface area contributed by atoms with Gasteiger partial charge in [0, 0.05) is 37.8 Å². The highest BCUT2D eigenvalue weighted by Gasteiger charge is 2.20. The number of hydrogen-bond donors (Lipinski definition) is 2. The maximum atomic E-state index is 13.4. The Morgan fingerprint density at radius 2 is 2.15 bits per heavy atom. The van der Waals surface area contributed by atoms with E-state index in [1.54, 1.807) is 13.1 Å². The normalized spacial score (nSPS) is 14.3. The number of aliphatic imine (C=N–C) groups is 1. The summed E-state index contributed by atoms with van der Waals surface area (Å²) in [6.45, 7) is 4.91. The Bertz CT molecular complexity index is 744. The van der Waals surface area contributed by atoms with Crippen LogP contribution in [0.1, 0.15) is 30.6 Å². The van der Waals surface area contributed by atoms with Crippen molar-refractivity contribution in [2.24, 2.45) is 10.9 Å². The Labute approximate surface area is 170 Å². The number of halogens is 2. The number of aryl methyl sites for hydroxylation is 1. The van der Waals surface area contributed by atoms with Crippen molar-refractivity contribution >= 4 is 40.9 Å². The molecule has 1 fully saturated rings. The zero-order valence-corrected chi connectivity index (χ0v) is 17.6. The maximum Gasteiger partial charge on any atom is 0.191 e. The van der Waals surface area contributed by atoms with Gasteiger partial charge in [0.25, 0.3) is 0 Å². The van der Waals surface area contributed by atoms with Gasteiger partial charge in [0.15, 0.2) is 5.96 Å². The van der Waals surface area contributed by atoms with E-state index in [9.17, 15) is 4.39 Å². The molecule has 1 aliphatic rings. The fraction of sp³-hybridized carbons (Fsp3) is 0.526. The van der Waals surface area contributed by atoms with Crippen LogP contribution < -0.4 is 10.6 Å². The molecule has 2 aromatic rings. The number of ether oxygens (including phenoxy) is 1. The summed E-state index contributed by atoms with van der Waals surface area (Å²) in [4.78, 5) is 4.21. The number of benzene rings is 1. The van der Waals surface area contributed by atoms with E-state index in [4.69, 9.17) is 9.15 Å². The van der Waals surface area contributed by atoms with E-state index >= 15 is 0 Å². The Kier molecular flexibility index (Phi) is 8.15. The van der Waals surface area contributed by atoms with Crippen LogP contribution in [0.25, 0.3) is 11.0 Å². The van der Waals surface area contributed by atoms with Crippen LogP contribution in [0.2, 0.25) is 0 Å². The Balaban J connectivity index is 0.00000243. The molecule has 1 aromatic carbocycles. The largest absolute Gasteiger partial charge is 0.459 e. The van der Waals surface area contributed by atoms with Gasteiger partial charge in [-0.3, -0.25) is 4.99 Å². The molecule has 0 spiro atoms. The molecule has 5 nitrogen and oxygen atoms in total. The molecule has 1 aromatic heterocycles. The summed E-state index contributed by atoms with van der Waals surface area (Å²) in [6.07, 6.45) is 3.59. The highest BCUT2D eigenvalue weighted by Crippen LogP contribution is 2.28. The lowest BCUT2D eigenvalue weighted by Crippen LogP contribution is -2.37. The number of guanidine groups is 1. The molecule has 0 unspecified atom stereocenters. The van der Waals surface area contributed by atoms with E-state index in [1.807, 2.05) is 6.92 Å². The first-order chi connectivity index (χ1) is 12.2. The van der Waals surface area contributed by atoms with Gasteiger partial charge in [0.05, 0.1) is 6.54 Å². The first-order valence-electron chi connectivity index (χ1n) is 8.87. The monoisotopic (exact) mass is 475 g/mol. The average molecular weight is 475 g/mol. The van der Waals surface area contributed by atoms with Gasteiger partial charge in [-0.25, -0.2) is 4.39 Å². The van der Waals surface area contributed by atoms with Gasteiger partial charge in [-0.2, -0.15) is 0 Å². The van der Waals surface area contributed by atoms with E-state index in [2.05, 4.69) is 15.6 Å². The van der Waals surface area contributed by atoms with E-state index in [1.165, 1.54) is 25.0 Å². The lowest BCUT2D eigenvalue weighted by Gasteiger charge is -2.11. The summed E-state index contributed by atoms with van der Waals surface area (Å²) in [5, 5.41) is 7.31. The van der Waals surface area contributed by atoms with Crippen LogP contribution in [0.3, 0.4) is 0 Å². The zero-order chi connectivity index (χ0) is 17.6. The van der Waals surface area contributed by atoms with Crippen LogP contribution in [0.5, 0.6) is 0 Å². The molecule has 26 heavy (non-hydrogen) atoms. The Hall–Kier alpha value is -1.35. The van der Waals surface area contributed by atoms with Crippen molar-refractivity contribution in [3.05, 3.63) is 35.3 Å². The minimum Gasteiger partial charge on any atom is -0.459 e. The Morgan fingerprint density at radius 3 is 2.88 bits per heavy atom. The highest BCUT2D eigenvalue weighted by molar-refractivity contribution is 14.0. The number of furan rings is 1. The molecule has 0 atom stereocenters. The smallest absolute Gasteiger partial charge is 0.191 e. The lowest BCUT2D eigenvalue weighted by molar-refractivity contribution is 0.123. The third kappa shape index (κ3) is 5.84. The van der Waals surface area contributed by atoms with Crippen LogP contribution in [0, 0.1) is 18.7 Å². The molecule has 3 rings (SSSR count). The van der Waals surface area contributed by atoms with Crippen LogP contribution in [0.4, 0.5) is 4.39 Å². The van der Waals surface area contributed by atoms with Gasteiger partial charge < -0.3 is 19.8 Å². The zero-order valence-electron chi connectivity index (χ0n) is 15.3. The van der Waals surface area contributed by atoms with Crippen LogP contribution in [0.15, 0.2) is 27.6 Å². The summed E-state index contributed by atoms with van der Waals surface area (Å²) < 4.78 is 24.8. The van der Waals surface area contributed by atoms with Crippen molar-refractivity contribution in [3.63, 3.8) is 0 Å². The molecular formula is C19H27FIN3O2. The fourth-order valence-electron chi connectivity index (χ4n) is 2.71. The molecule has 1 heterocycles. The second-order valence-electron chi connectivity index (χ2n) is 6.52. The topological polar surface area (TPSA) is 58.8 Å². The number of rotatable bonds is 8. The van der Waals surface area contributed by atoms with Gasteiger partial charge >= 0.3 is 0 Å². The molecular weight excluding hydrogens is 448 g/mol. The molecule has 1 aliphatic carbocycles. The summed E-state index contributed by atoms with van der Waals surface area (Å²) in [5.41, 5.74) is 1.65. The molecule has 1 saturated carbocycles. The quantitative estimate of drug-likeness (QED) is 0.263. The third-order valence-electron chi connectivity index (χ3n) is 4.45. The summed E-state index contributed by atoms with van der Waals surface area (Å²) >= 11 is 0. The molecule has 7 heteroatoms. The number of hydrogen-bond acceptors (Lipinski definition) is 3. The van der Waals surface area contributed by atoms with Crippen molar-refractivity contribution in [3.8, 4) is 0 Å². The van der Waals surface area contributed by atoms with E-state index in [0.717, 1.165) is 48.8 Å². The predicted octanol–water partition coefficient (Wildman–Crippen LogP) is 3.98. The van der Waals surface area contributed by atoms with Crippen molar-refractivity contribution in [1.82, 2.24) is 10.6 Å². The standard InChI is InChI=1S/C19H26FN3O2.HI/c1-13-16-10-15(20)6-7-17(16)25-18(13)11-23-19(21-2)22-8-3-9-24-12-14-4-5-14;/h6-7,10,14H,3-5,8-9,11-12H2,1-2H3,(H2,21,22,23);1H. The predicted molar refractivity (Wildman–Crippen MR) is 113 cm³/mol. The minimum atomic E-state index is -0.253.